The summed E-state index contributed by atoms with van der Waals surface area (Å²) >= 11 is 0. The third-order valence-corrected chi connectivity index (χ3v) is 5.56. The average molecular weight is 400 g/mol. The molecule has 1 amide bonds. The summed E-state index contributed by atoms with van der Waals surface area (Å²) in [5, 5.41) is 12.0. The highest BCUT2D eigenvalue weighted by Gasteiger charge is 2.20. The van der Waals surface area contributed by atoms with Crippen LogP contribution in [0.5, 0.6) is 0 Å². The lowest BCUT2D eigenvalue weighted by molar-refractivity contribution is -0.136. The molecule has 0 saturated heterocycles. The smallest absolute Gasteiger partial charge is 0.307 e. The number of amides is 1. The van der Waals surface area contributed by atoms with Crippen molar-refractivity contribution < 1.29 is 14.7 Å². The number of aryl methyl sites for hydroxylation is 1. The van der Waals surface area contributed by atoms with Gasteiger partial charge in [0.15, 0.2) is 0 Å². The number of nitrogens with two attached hydrogens (primary N) is 1. The minimum Gasteiger partial charge on any atom is -0.481 e. The van der Waals surface area contributed by atoms with Gasteiger partial charge >= 0.3 is 5.97 Å². The van der Waals surface area contributed by atoms with Crippen molar-refractivity contribution in [3.05, 3.63) is 88.5 Å². The molecule has 5 nitrogen and oxygen atoms in total. The second kappa shape index (κ2) is 8.51. The molecule has 4 rings (SSSR count). The number of aliphatic carboxylic acids is 1. The Morgan fingerprint density at radius 2 is 1.83 bits per heavy atom. The molecule has 1 aliphatic carbocycles. The summed E-state index contributed by atoms with van der Waals surface area (Å²) in [5.41, 5.74) is 13.2. The molecule has 0 spiro atoms. The lowest BCUT2D eigenvalue weighted by Gasteiger charge is -2.14. The number of hydrogen-bond acceptors (Lipinski definition) is 3. The molecule has 0 aliphatic heterocycles. The van der Waals surface area contributed by atoms with Crippen LogP contribution in [0, 0.1) is 0 Å². The van der Waals surface area contributed by atoms with Crippen molar-refractivity contribution in [3.63, 3.8) is 0 Å². The van der Waals surface area contributed by atoms with E-state index in [9.17, 15) is 9.59 Å². The van der Waals surface area contributed by atoms with Crippen molar-refractivity contribution in [2.75, 3.05) is 5.32 Å². The van der Waals surface area contributed by atoms with Crippen LogP contribution >= 0.6 is 0 Å². The van der Waals surface area contributed by atoms with Crippen LogP contribution in [0.25, 0.3) is 11.1 Å². The summed E-state index contributed by atoms with van der Waals surface area (Å²) in [5.74, 6) is -1.17. The Labute approximate surface area is 175 Å². The van der Waals surface area contributed by atoms with Gasteiger partial charge in [-0.2, -0.15) is 0 Å². The number of benzene rings is 3. The first-order valence-corrected chi connectivity index (χ1v) is 10.1. The van der Waals surface area contributed by atoms with Crippen molar-refractivity contribution in [3.8, 4) is 11.1 Å². The molecule has 0 atom stereocenters. The van der Waals surface area contributed by atoms with Crippen LogP contribution in [-0.4, -0.2) is 17.0 Å². The summed E-state index contributed by atoms with van der Waals surface area (Å²) in [4.78, 5) is 24.2. The van der Waals surface area contributed by atoms with E-state index in [4.69, 9.17) is 10.8 Å². The summed E-state index contributed by atoms with van der Waals surface area (Å²) < 4.78 is 0. The standard InChI is InChI=1S/C25H24N2O3/c26-15-16-5-3-7-17(11-16)22-13-20(12-18-8-4-9-21(18)22)25(30)27-23-10-2-1-6-19(23)14-24(28)29/h1-3,5-7,10-13H,4,8-9,14-15,26H2,(H,27,30)(H,28,29). The molecular formula is C25H24N2O3. The molecule has 152 valence electrons. The zero-order valence-electron chi connectivity index (χ0n) is 16.7. The average Bonchev–Trinajstić information content (AvgIpc) is 3.23. The molecular weight excluding hydrogens is 376 g/mol. The number of anilines is 1. The first kappa shape index (κ1) is 19.9. The maximum Gasteiger partial charge on any atom is 0.307 e. The van der Waals surface area contributed by atoms with E-state index in [0.717, 1.165) is 36.0 Å². The highest BCUT2D eigenvalue weighted by atomic mass is 16.4. The Morgan fingerprint density at radius 3 is 2.63 bits per heavy atom. The number of carbonyl (C=O) groups excluding carboxylic acids is 1. The van der Waals surface area contributed by atoms with Gasteiger partial charge in [-0.3, -0.25) is 9.59 Å². The Balaban J connectivity index is 1.70. The Hall–Kier alpha value is -3.44. The summed E-state index contributed by atoms with van der Waals surface area (Å²) in [6, 6.07) is 19.0. The van der Waals surface area contributed by atoms with Crippen LogP contribution in [0.2, 0.25) is 0 Å². The Kier molecular flexibility index (Phi) is 5.63. The normalized spacial score (nSPS) is 12.4. The number of carbonyl (C=O) groups is 2. The molecule has 0 radical (unpaired) electrons. The summed E-state index contributed by atoms with van der Waals surface area (Å²) in [7, 11) is 0. The van der Waals surface area contributed by atoms with Crippen LogP contribution in [0.4, 0.5) is 5.69 Å². The molecule has 1 aliphatic rings. The summed E-state index contributed by atoms with van der Waals surface area (Å²) in [6.07, 6.45) is 2.89. The third-order valence-electron chi connectivity index (χ3n) is 5.56. The van der Waals surface area contributed by atoms with Gasteiger partial charge in [0.2, 0.25) is 0 Å². The van der Waals surface area contributed by atoms with Crippen molar-refractivity contribution in [1.82, 2.24) is 0 Å². The van der Waals surface area contributed by atoms with Crippen LogP contribution in [-0.2, 0) is 30.6 Å². The van der Waals surface area contributed by atoms with Crippen LogP contribution in [0.15, 0.2) is 60.7 Å². The van der Waals surface area contributed by atoms with E-state index in [1.165, 1.54) is 11.1 Å². The molecule has 0 heterocycles. The van der Waals surface area contributed by atoms with Crippen LogP contribution < -0.4 is 11.1 Å². The van der Waals surface area contributed by atoms with Crippen molar-refractivity contribution in [1.29, 1.82) is 0 Å². The molecule has 3 aromatic rings. The molecule has 0 fully saturated rings. The first-order valence-electron chi connectivity index (χ1n) is 10.1. The fraction of sp³-hybridized carbons (Fsp3) is 0.200. The lowest BCUT2D eigenvalue weighted by Crippen LogP contribution is -2.15. The molecule has 5 heteroatoms. The molecule has 30 heavy (non-hydrogen) atoms. The van der Waals surface area contributed by atoms with Gasteiger partial charge in [-0.25, -0.2) is 0 Å². The summed E-state index contributed by atoms with van der Waals surface area (Å²) in [6.45, 7) is 0.469. The first-order chi connectivity index (χ1) is 14.5. The van der Waals surface area contributed by atoms with Crippen LogP contribution in [0.3, 0.4) is 0 Å². The van der Waals surface area contributed by atoms with Gasteiger partial charge < -0.3 is 16.2 Å². The second-order valence-electron chi connectivity index (χ2n) is 7.60. The van der Waals surface area contributed by atoms with Crippen molar-refractivity contribution in [2.24, 2.45) is 5.73 Å². The predicted octanol–water partition coefficient (Wildman–Crippen LogP) is 4.18. The molecule has 0 unspecified atom stereocenters. The molecule has 0 saturated carbocycles. The minimum atomic E-state index is -0.934. The largest absolute Gasteiger partial charge is 0.481 e. The van der Waals surface area contributed by atoms with E-state index in [-0.39, 0.29) is 12.3 Å². The van der Waals surface area contributed by atoms with E-state index in [1.54, 1.807) is 24.3 Å². The number of nitrogens with one attached hydrogen (secondary N) is 1. The zero-order chi connectivity index (χ0) is 21.1. The van der Waals surface area contributed by atoms with Gasteiger partial charge in [0.05, 0.1) is 6.42 Å². The maximum absolute atomic E-state index is 13.1. The quantitative estimate of drug-likeness (QED) is 0.579. The van der Waals surface area contributed by atoms with E-state index < -0.39 is 5.97 Å². The fourth-order valence-electron chi connectivity index (χ4n) is 4.11. The zero-order valence-corrected chi connectivity index (χ0v) is 16.7. The molecule has 4 N–H and O–H groups in total. The predicted molar refractivity (Wildman–Crippen MR) is 118 cm³/mol. The van der Waals surface area contributed by atoms with Gasteiger partial charge in [-0.1, -0.05) is 36.4 Å². The van der Waals surface area contributed by atoms with Gasteiger partial charge in [0.1, 0.15) is 0 Å². The number of hydrogen-bond donors (Lipinski definition) is 3. The van der Waals surface area contributed by atoms with Gasteiger partial charge in [0, 0.05) is 17.8 Å². The van der Waals surface area contributed by atoms with Crippen molar-refractivity contribution in [2.45, 2.75) is 32.2 Å². The third kappa shape index (κ3) is 4.11. The highest BCUT2D eigenvalue weighted by Crippen LogP contribution is 2.34. The highest BCUT2D eigenvalue weighted by molar-refractivity contribution is 6.06. The van der Waals surface area contributed by atoms with E-state index in [1.807, 2.05) is 24.3 Å². The number of rotatable bonds is 6. The topological polar surface area (TPSA) is 92.4 Å². The lowest BCUT2D eigenvalue weighted by atomic mass is 9.93. The second-order valence-corrected chi connectivity index (χ2v) is 7.60. The van der Waals surface area contributed by atoms with E-state index >= 15 is 0 Å². The molecule has 3 aromatic carbocycles. The van der Waals surface area contributed by atoms with Gasteiger partial charge in [-0.15, -0.1) is 0 Å². The van der Waals surface area contributed by atoms with E-state index in [2.05, 4.69) is 17.4 Å². The number of carboxylic acids is 1. The van der Waals surface area contributed by atoms with E-state index in [0.29, 0.717) is 23.4 Å². The maximum atomic E-state index is 13.1. The van der Waals surface area contributed by atoms with Gasteiger partial charge in [0.25, 0.3) is 5.91 Å². The monoisotopic (exact) mass is 400 g/mol. The van der Waals surface area contributed by atoms with Crippen molar-refractivity contribution >= 4 is 17.6 Å². The number of fused-ring (bicyclic) bond motifs is 1. The molecule has 0 bridgehead atoms. The number of carboxylic acid groups (broad SMARTS) is 1. The minimum absolute atomic E-state index is 0.141. The van der Waals surface area contributed by atoms with Crippen LogP contribution in [0.1, 0.15) is 39.0 Å². The van der Waals surface area contributed by atoms with Gasteiger partial charge in [-0.05, 0) is 76.9 Å². The Bertz CT molecular complexity index is 1120. The Morgan fingerprint density at radius 1 is 1.00 bits per heavy atom. The SMILES string of the molecule is NCc1cccc(-c2cc(C(=O)Nc3ccccc3CC(=O)O)cc3c2CCC3)c1. The number of para-hydroxylation sites is 1. The molecule has 0 aromatic heterocycles. The fourth-order valence-corrected chi connectivity index (χ4v) is 4.11.